The molecule has 1 aliphatic rings. The monoisotopic (exact) mass is 348 g/mol. The van der Waals surface area contributed by atoms with E-state index < -0.39 is 0 Å². The summed E-state index contributed by atoms with van der Waals surface area (Å²) < 4.78 is 0. The second-order valence-corrected chi connectivity index (χ2v) is 6.70. The summed E-state index contributed by atoms with van der Waals surface area (Å²) in [5, 5.41) is 14.2. The lowest BCUT2D eigenvalue weighted by atomic mass is 10.1. The topological polar surface area (TPSA) is 51.6 Å². The highest BCUT2D eigenvalue weighted by Crippen LogP contribution is 2.27. The number of anilines is 2. The third-order valence-electron chi connectivity index (χ3n) is 5.13. The van der Waals surface area contributed by atoms with Crippen molar-refractivity contribution in [1.29, 1.82) is 0 Å². The SMILES string of the molecule is CNc1ccc(N2CCN(Cc3ccc(O)c4ncccc34)CC2)cc1. The van der Waals surface area contributed by atoms with E-state index in [0.29, 0.717) is 5.52 Å². The Morgan fingerprint density at radius 2 is 1.77 bits per heavy atom. The second kappa shape index (κ2) is 7.22. The fourth-order valence-corrected chi connectivity index (χ4v) is 3.60. The fraction of sp³-hybridized carbons (Fsp3) is 0.286. The first-order valence-electron chi connectivity index (χ1n) is 9.05. The van der Waals surface area contributed by atoms with E-state index in [0.717, 1.165) is 43.8 Å². The molecule has 5 nitrogen and oxygen atoms in total. The average molecular weight is 348 g/mol. The Morgan fingerprint density at radius 1 is 1.00 bits per heavy atom. The minimum absolute atomic E-state index is 0.249. The van der Waals surface area contributed by atoms with E-state index in [1.807, 2.05) is 25.2 Å². The molecule has 4 rings (SSSR count). The third-order valence-corrected chi connectivity index (χ3v) is 5.13. The number of benzene rings is 2. The molecule has 26 heavy (non-hydrogen) atoms. The normalized spacial score (nSPS) is 15.3. The van der Waals surface area contributed by atoms with Crippen LogP contribution in [0.25, 0.3) is 10.9 Å². The number of fused-ring (bicyclic) bond motifs is 1. The van der Waals surface area contributed by atoms with Crippen LogP contribution >= 0.6 is 0 Å². The third kappa shape index (κ3) is 3.30. The van der Waals surface area contributed by atoms with Crippen LogP contribution in [0.5, 0.6) is 5.75 Å². The molecule has 2 aromatic carbocycles. The summed E-state index contributed by atoms with van der Waals surface area (Å²) in [6, 6.07) is 16.3. The van der Waals surface area contributed by atoms with Gasteiger partial charge in [0, 0.05) is 62.7 Å². The van der Waals surface area contributed by atoms with Gasteiger partial charge in [-0.3, -0.25) is 9.88 Å². The molecule has 3 aromatic rings. The van der Waals surface area contributed by atoms with E-state index in [9.17, 15) is 5.11 Å². The summed E-state index contributed by atoms with van der Waals surface area (Å²) in [4.78, 5) is 9.22. The number of nitrogens with one attached hydrogen (secondary N) is 1. The van der Waals surface area contributed by atoms with Gasteiger partial charge < -0.3 is 15.3 Å². The summed E-state index contributed by atoms with van der Waals surface area (Å²) >= 11 is 0. The van der Waals surface area contributed by atoms with Gasteiger partial charge in [0.2, 0.25) is 0 Å². The molecule has 5 heteroatoms. The van der Waals surface area contributed by atoms with Crippen molar-refractivity contribution < 1.29 is 5.11 Å². The minimum atomic E-state index is 0.249. The van der Waals surface area contributed by atoms with Crippen LogP contribution in [0.15, 0.2) is 54.7 Å². The lowest BCUT2D eigenvalue weighted by molar-refractivity contribution is 0.250. The van der Waals surface area contributed by atoms with E-state index in [-0.39, 0.29) is 5.75 Å². The summed E-state index contributed by atoms with van der Waals surface area (Å²) in [6.07, 6.45) is 1.73. The number of phenolic OH excluding ortho intramolecular Hbond substituents is 1. The molecule has 0 unspecified atom stereocenters. The Labute approximate surface area is 153 Å². The van der Waals surface area contributed by atoms with Gasteiger partial charge in [0.1, 0.15) is 11.3 Å². The Hall–Kier alpha value is -2.79. The zero-order valence-corrected chi connectivity index (χ0v) is 15.0. The predicted octanol–water partition coefficient (Wildman–Crippen LogP) is 3.30. The molecular weight excluding hydrogens is 324 g/mol. The van der Waals surface area contributed by atoms with Crippen molar-refractivity contribution in [3.63, 3.8) is 0 Å². The summed E-state index contributed by atoms with van der Waals surface area (Å²) in [7, 11) is 1.94. The zero-order chi connectivity index (χ0) is 17.9. The second-order valence-electron chi connectivity index (χ2n) is 6.70. The van der Waals surface area contributed by atoms with Gasteiger partial charge in [-0.05, 0) is 42.0 Å². The predicted molar refractivity (Wildman–Crippen MR) is 107 cm³/mol. The number of aromatic nitrogens is 1. The van der Waals surface area contributed by atoms with E-state index in [1.165, 1.54) is 11.3 Å². The van der Waals surface area contributed by atoms with Crippen molar-refractivity contribution in [2.75, 3.05) is 43.4 Å². The van der Waals surface area contributed by atoms with E-state index >= 15 is 0 Å². The first-order chi connectivity index (χ1) is 12.7. The lowest BCUT2D eigenvalue weighted by Gasteiger charge is -2.36. The molecule has 1 aromatic heterocycles. The number of phenols is 1. The minimum Gasteiger partial charge on any atom is -0.506 e. The molecule has 0 bridgehead atoms. The highest BCUT2D eigenvalue weighted by molar-refractivity contribution is 5.87. The largest absolute Gasteiger partial charge is 0.506 e. The fourth-order valence-electron chi connectivity index (χ4n) is 3.60. The summed E-state index contributed by atoms with van der Waals surface area (Å²) in [5.41, 5.74) is 4.33. The molecule has 2 heterocycles. The van der Waals surface area contributed by atoms with Gasteiger partial charge in [-0.15, -0.1) is 0 Å². The Balaban J connectivity index is 1.43. The molecule has 2 N–H and O–H groups in total. The highest BCUT2D eigenvalue weighted by atomic mass is 16.3. The number of pyridine rings is 1. The van der Waals surface area contributed by atoms with Crippen molar-refractivity contribution in [2.45, 2.75) is 6.54 Å². The van der Waals surface area contributed by atoms with Gasteiger partial charge in [-0.1, -0.05) is 12.1 Å². The van der Waals surface area contributed by atoms with Crippen molar-refractivity contribution >= 4 is 22.3 Å². The molecule has 1 aliphatic heterocycles. The molecule has 0 amide bonds. The van der Waals surface area contributed by atoms with Crippen LogP contribution in [0.4, 0.5) is 11.4 Å². The average Bonchev–Trinajstić information content (AvgIpc) is 2.71. The smallest absolute Gasteiger partial charge is 0.141 e. The number of hydrogen-bond acceptors (Lipinski definition) is 5. The van der Waals surface area contributed by atoms with Gasteiger partial charge >= 0.3 is 0 Å². The number of piperazine rings is 1. The molecule has 0 saturated carbocycles. The first-order valence-corrected chi connectivity index (χ1v) is 9.05. The number of rotatable bonds is 4. The number of hydrogen-bond donors (Lipinski definition) is 2. The maximum atomic E-state index is 10.0. The zero-order valence-electron chi connectivity index (χ0n) is 15.0. The Kier molecular flexibility index (Phi) is 4.63. The van der Waals surface area contributed by atoms with Crippen LogP contribution in [0, 0.1) is 0 Å². The maximum Gasteiger partial charge on any atom is 0.141 e. The van der Waals surface area contributed by atoms with Crippen LogP contribution in [0.3, 0.4) is 0 Å². The molecule has 0 spiro atoms. The standard InChI is InChI=1S/C21H24N4O/c1-22-17-5-7-18(8-6-17)25-13-11-24(12-14-25)15-16-4-9-20(26)21-19(16)3-2-10-23-21/h2-10,22,26H,11-15H2,1H3. The molecule has 0 atom stereocenters. The quantitative estimate of drug-likeness (QED) is 0.758. The van der Waals surface area contributed by atoms with E-state index in [2.05, 4.69) is 44.4 Å². The summed E-state index contributed by atoms with van der Waals surface area (Å²) in [5.74, 6) is 0.249. The molecule has 0 radical (unpaired) electrons. The summed E-state index contributed by atoms with van der Waals surface area (Å²) in [6.45, 7) is 4.97. The van der Waals surface area contributed by atoms with Crippen LogP contribution in [0.1, 0.15) is 5.56 Å². The molecule has 1 fully saturated rings. The van der Waals surface area contributed by atoms with Crippen LogP contribution < -0.4 is 10.2 Å². The molecule has 1 saturated heterocycles. The van der Waals surface area contributed by atoms with Gasteiger partial charge in [0.25, 0.3) is 0 Å². The van der Waals surface area contributed by atoms with Crippen molar-refractivity contribution in [3.8, 4) is 5.75 Å². The van der Waals surface area contributed by atoms with Crippen LogP contribution in [-0.4, -0.2) is 48.2 Å². The van der Waals surface area contributed by atoms with Crippen molar-refractivity contribution in [2.24, 2.45) is 0 Å². The Morgan fingerprint density at radius 3 is 2.50 bits per heavy atom. The number of aromatic hydroxyl groups is 1. The van der Waals surface area contributed by atoms with Crippen LogP contribution in [0.2, 0.25) is 0 Å². The molecule has 0 aliphatic carbocycles. The van der Waals surface area contributed by atoms with Gasteiger partial charge in [-0.2, -0.15) is 0 Å². The molecular formula is C21H24N4O. The van der Waals surface area contributed by atoms with Crippen molar-refractivity contribution in [3.05, 3.63) is 60.3 Å². The van der Waals surface area contributed by atoms with Crippen molar-refractivity contribution in [1.82, 2.24) is 9.88 Å². The molecule has 134 valence electrons. The Bertz CT molecular complexity index is 886. The highest BCUT2D eigenvalue weighted by Gasteiger charge is 2.18. The van der Waals surface area contributed by atoms with Crippen LogP contribution in [-0.2, 0) is 6.54 Å². The maximum absolute atomic E-state index is 10.0. The van der Waals surface area contributed by atoms with E-state index in [4.69, 9.17) is 0 Å². The van der Waals surface area contributed by atoms with Gasteiger partial charge in [0.05, 0.1) is 0 Å². The van der Waals surface area contributed by atoms with Gasteiger partial charge in [-0.25, -0.2) is 0 Å². The lowest BCUT2D eigenvalue weighted by Crippen LogP contribution is -2.45. The van der Waals surface area contributed by atoms with Gasteiger partial charge in [0.15, 0.2) is 0 Å². The number of nitrogens with zero attached hydrogens (tertiary/aromatic N) is 3. The van der Waals surface area contributed by atoms with E-state index in [1.54, 1.807) is 12.3 Å². The first kappa shape index (κ1) is 16.7.